The Kier molecular flexibility index (Phi) is 5.29. The number of hydrogen-bond donors (Lipinski definition) is 1. The molecule has 3 nitrogen and oxygen atoms in total. The van der Waals surface area contributed by atoms with Gasteiger partial charge in [-0.1, -0.05) is 13.0 Å². The highest BCUT2D eigenvalue weighted by atomic mass is 16.5. The Morgan fingerprint density at radius 2 is 2.06 bits per heavy atom. The summed E-state index contributed by atoms with van der Waals surface area (Å²) >= 11 is 0. The molecule has 17 heavy (non-hydrogen) atoms. The highest BCUT2D eigenvalue weighted by molar-refractivity contribution is 5.41. The van der Waals surface area contributed by atoms with E-state index in [4.69, 9.17) is 4.74 Å². The van der Waals surface area contributed by atoms with E-state index in [1.54, 1.807) is 6.07 Å². The molecule has 0 heterocycles. The maximum absolute atomic E-state index is 9.62. The first-order valence-corrected chi connectivity index (χ1v) is 6.23. The molecule has 1 atom stereocenters. The molecule has 0 aliphatic carbocycles. The van der Waals surface area contributed by atoms with Crippen LogP contribution in [0.4, 0.5) is 0 Å². The first kappa shape index (κ1) is 13.8. The van der Waals surface area contributed by atoms with E-state index in [-0.39, 0.29) is 5.75 Å². The minimum Gasteiger partial charge on any atom is -0.504 e. The van der Waals surface area contributed by atoms with E-state index >= 15 is 0 Å². The van der Waals surface area contributed by atoms with Crippen molar-refractivity contribution in [2.75, 3.05) is 13.7 Å². The van der Waals surface area contributed by atoms with Crippen LogP contribution < -0.4 is 4.74 Å². The Morgan fingerprint density at radius 1 is 1.35 bits per heavy atom. The lowest BCUT2D eigenvalue weighted by Crippen LogP contribution is -2.27. The lowest BCUT2D eigenvalue weighted by molar-refractivity contribution is 0.243. The predicted molar refractivity (Wildman–Crippen MR) is 70.5 cm³/mol. The summed E-state index contributed by atoms with van der Waals surface area (Å²) in [5.41, 5.74) is 1.16. The lowest BCUT2D eigenvalue weighted by atomic mass is 10.1. The van der Waals surface area contributed by atoms with Gasteiger partial charge in [0.05, 0.1) is 6.61 Å². The van der Waals surface area contributed by atoms with E-state index < -0.39 is 0 Å². The second-order valence-corrected chi connectivity index (χ2v) is 4.41. The maximum Gasteiger partial charge on any atom is 0.161 e. The predicted octanol–water partition coefficient (Wildman–Crippen LogP) is 3.02. The molecule has 1 N–H and O–H groups in total. The summed E-state index contributed by atoms with van der Waals surface area (Å²) in [5.74, 6) is 0.782. The van der Waals surface area contributed by atoms with E-state index in [2.05, 4.69) is 25.8 Å². The molecule has 1 rings (SSSR count). The van der Waals surface area contributed by atoms with Crippen molar-refractivity contribution >= 4 is 0 Å². The average molecular weight is 237 g/mol. The molecule has 0 saturated heterocycles. The molecule has 0 spiro atoms. The number of rotatable bonds is 6. The van der Waals surface area contributed by atoms with Crippen molar-refractivity contribution in [1.82, 2.24) is 4.90 Å². The van der Waals surface area contributed by atoms with Crippen LogP contribution in [0.15, 0.2) is 18.2 Å². The number of benzene rings is 1. The maximum atomic E-state index is 9.62. The topological polar surface area (TPSA) is 32.7 Å². The van der Waals surface area contributed by atoms with Crippen LogP contribution in [0.3, 0.4) is 0 Å². The van der Waals surface area contributed by atoms with Crippen LogP contribution in [0.2, 0.25) is 0 Å². The third-order valence-electron chi connectivity index (χ3n) is 3.10. The van der Waals surface area contributed by atoms with Crippen molar-refractivity contribution in [2.24, 2.45) is 0 Å². The summed E-state index contributed by atoms with van der Waals surface area (Å²) in [7, 11) is 2.11. The van der Waals surface area contributed by atoms with Gasteiger partial charge in [-0.3, -0.25) is 4.90 Å². The van der Waals surface area contributed by atoms with E-state index in [9.17, 15) is 5.11 Å². The van der Waals surface area contributed by atoms with Crippen molar-refractivity contribution in [3.05, 3.63) is 23.8 Å². The Morgan fingerprint density at radius 3 is 2.65 bits per heavy atom. The van der Waals surface area contributed by atoms with Crippen LogP contribution in [-0.4, -0.2) is 29.7 Å². The van der Waals surface area contributed by atoms with Gasteiger partial charge in [0.2, 0.25) is 0 Å². The van der Waals surface area contributed by atoms with Gasteiger partial charge in [-0.15, -0.1) is 0 Å². The molecule has 0 saturated carbocycles. The highest BCUT2D eigenvalue weighted by Crippen LogP contribution is 2.27. The second kappa shape index (κ2) is 6.50. The number of phenols is 1. The molecular formula is C14H23NO2. The molecule has 3 heteroatoms. The summed E-state index contributed by atoms with van der Waals surface area (Å²) in [6, 6.07) is 6.11. The molecule has 0 radical (unpaired) electrons. The van der Waals surface area contributed by atoms with E-state index in [0.29, 0.717) is 18.4 Å². The SMILES string of the molecule is CCOc1cc(CN(C)C(C)CC)ccc1O. The van der Waals surface area contributed by atoms with Gasteiger partial charge in [0.15, 0.2) is 11.5 Å². The molecule has 1 unspecified atom stereocenters. The smallest absolute Gasteiger partial charge is 0.161 e. The molecular weight excluding hydrogens is 214 g/mol. The zero-order valence-corrected chi connectivity index (χ0v) is 11.2. The number of ether oxygens (including phenoxy) is 1. The fourth-order valence-corrected chi connectivity index (χ4v) is 1.68. The van der Waals surface area contributed by atoms with Crippen molar-refractivity contribution in [3.8, 4) is 11.5 Å². The Labute approximate surface area is 104 Å². The van der Waals surface area contributed by atoms with Crippen LogP contribution >= 0.6 is 0 Å². The molecule has 1 aromatic carbocycles. The molecule has 0 aliphatic heterocycles. The van der Waals surface area contributed by atoms with Gasteiger partial charge in [-0.2, -0.15) is 0 Å². The van der Waals surface area contributed by atoms with Gasteiger partial charge in [-0.25, -0.2) is 0 Å². The summed E-state index contributed by atoms with van der Waals surface area (Å²) in [6.45, 7) is 7.75. The molecule has 0 bridgehead atoms. The molecule has 0 aliphatic rings. The van der Waals surface area contributed by atoms with Crippen LogP contribution in [-0.2, 0) is 6.54 Å². The Balaban J connectivity index is 2.74. The van der Waals surface area contributed by atoms with Crippen molar-refractivity contribution < 1.29 is 9.84 Å². The van der Waals surface area contributed by atoms with E-state index in [0.717, 1.165) is 18.5 Å². The zero-order chi connectivity index (χ0) is 12.8. The quantitative estimate of drug-likeness (QED) is 0.825. The highest BCUT2D eigenvalue weighted by Gasteiger charge is 2.09. The normalized spacial score (nSPS) is 12.8. The van der Waals surface area contributed by atoms with Crippen LogP contribution in [0.1, 0.15) is 32.8 Å². The molecule has 96 valence electrons. The summed E-state index contributed by atoms with van der Waals surface area (Å²) in [4.78, 5) is 2.29. The zero-order valence-electron chi connectivity index (χ0n) is 11.2. The molecule has 0 aromatic heterocycles. The van der Waals surface area contributed by atoms with Crippen molar-refractivity contribution in [1.29, 1.82) is 0 Å². The monoisotopic (exact) mass is 237 g/mol. The largest absolute Gasteiger partial charge is 0.504 e. The Hall–Kier alpha value is -1.22. The fraction of sp³-hybridized carbons (Fsp3) is 0.571. The number of phenolic OH excluding ortho intramolecular Hbond substituents is 1. The van der Waals surface area contributed by atoms with Crippen LogP contribution in [0, 0.1) is 0 Å². The summed E-state index contributed by atoms with van der Waals surface area (Å²) in [5, 5.41) is 9.62. The lowest BCUT2D eigenvalue weighted by Gasteiger charge is -2.23. The van der Waals surface area contributed by atoms with Gasteiger partial charge in [0.1, 0.15) is 0 Å². The summed E-state index contributed by atoms with van der Waals surface area (Å²) in [6.07, 6.45) is 1.13. The average Bonchev–Trinajstić information content (AvgIpc) is 2.32. The van der Waals surface area contributed by atoms with E-state index in [1.807, 2.05) is 19.1 Å². The number of hydrogen-bond acceptors (Lipinski definition) is 3. The standard InChI is InChI=1S/C14H23NO2/c1-5-11(3)15(4)10-12-7-8-13(16)14(9-12)17-6-2/h7-9,11,16H,5-6,10H2,1-4H3. The van der Waals surface area contributed by atoms with Crippen molar-refractivity contribution in [3.63, 3.8) is 0 Å². The van der Waals surface area contributed by atoms with Crippen LogP contribution in [0.5, 0.6) is 11.5 Å². The first-order chi connectivity index (χ1) is 8.08. The molecule has 0 amide bonds. The molecule has 0 fully saturated rings. The third-order valence-corrected chi connectivity index (χ3v) is 3.10. The Bertz CT molecular complexity index is 352. The van der Waals surface area contributed by atoms with Gasteiger partial charge in [0.25, 0.3) is 0 Å². The van der Waals surface area contributed by atoms with Gasteiger partial charge in [-0.05, 0) is 45.0 Å². The van der Waals surface area contributed by atoms with Gasteiger partial charge in [0, 0.05) is 12.6 Å². The minimum absolute atomic E-state index is 0.210. The summed E-state index contributed by atoms with van der Waals surface area (Å²) < 4.78 is 5.38. The first-order valence-electron chi connectivity index (χ1n) is 6.23. The minimum atomic E-state index is 0.210. The second-order valence-electron chi connectivity index (χ2n) is 4.41. The number of nitrogens with zero attached hydrogens (tertiary/aromatic N) is 1. The van der Waals surface area contributed by atoms with E-state index in [1.165, 1.54) is 0 Å². The molecule has 1 aromatic rings. The number of aromatic hydroxyl groups is 1. The van der Waals surface area contributed by atoms with Crippen molar-refractivity contribution in [2.45, 2.75) is 39.8 Å². The fourth-order valence-electron chi connectivity index (χ4n) is 1.68. The third kappa shape index (κ3) is 3.93. The van der Waals surface area contributed by atoms with Gasteiger partial charge >= 0.3 is 0 Å². The van der Waals surface area contributed by atoms with Crippen LogP contribution in [0.25, 0.3) is 0 Å². The van der Waals surface area contributed by atoms with Gasteiger partial charge < -0.3 is 9.84 Å².